The maximum Gasteiger partial charge on any atom is 0.352 e. The predicted molar refractivity (Wildman–Crippen MR) is 162 cm³/mol. The summed E-state index contributed by atoms with van der Waals surface area (Å²) >= 11 is 4.04. The molecule has 226 valence electrons. The summed E-state index contributed by atoms with van der Waals surface area (Å²) in [7, 11) is 0. The first-order valence-electron chi connectivity index (χ1n) is 13.0. The van der Waals surface area contributed by atoms with Crippen LogP contribution in [0.1, 0.15) is 16.6 Å². The number of benzene rings is 2. The van der Waals surface area contributed by atoms with Gasteiger partial charge >= 0.3 is 17.7 Å². The number of aromatic amines is 1. The Balaban J connectivity index is 1.22. The molecule has 2 aliphatic heterocycles. The van der Waals surface area contributed by atoms with Gasteiger partial charge in [0.15, 0.2) is 4.34 Å². The van der Waals surface area contributed by atoms with Gasteiger partial charge in [0, 0.05) is 11.5 Å². The maximum absolute atomic E-state index is 13.6. The standard InChI is InChI=1S/C27H23N7O7S3/c1-12-31-32-27(44-12)43-11-14-10-42-23-19(22(37)34(23)20(14)24(38)39)29-21(36)18(13-6-8-15(35)9-7-13)30-26(41)33-17-5-3-2-4-16(17)28-25(33)40/h2-9,18-19,23,35H,10-11H2,1H3,(H,28,40)(H,29,36)(H,30,41)(H,38,39)/t18?,19?,23-/m0/s1. The molecule has 4 heterocycles. The summed E-state index contributed by atoms with van der Waals surface area (Å²) in [4.78, 5) is 68.8. The van der Waals surface area contributed by atoms with Crippen molar-refractivity contribution in [2.75, 3.05) is 11.5 Å². The lowest BCUT2D eigenvalue weighted by atomic mass is 10.0. The highest BCUT2D eigenvalue weighted by Gasteiger charge is 2.54. The number of carboxylic acid groups (broad SMARTS) is 1. The number of nitrogens with zero attached hydrogens (tertiary/aromatic N) is 4. The summed E-state index contributed by atoms with van der Waals surface area (Å²) in [6.45, 7) is 1.82. The number of rotatable bonds is 8. The molecule has 0 saturated carbocycles. The first kappa shape index (κ1) is 29.5. The number of aromatic nitrogens is 4. The smallest absolute Gasteiger partial charge is 0.352 e. The van der Waals surface area contributed by atoms with Crippen LogP contribution in [0.5, 0.6) is 5.75 Å². The first-order valence-corrected chi connectivity index (χ1v) is 15.9. The number of phenols is 1. The van der Waals surface area contributed by atoms with Gasteiger partial charge in [0.2, 0.25) is 5.91 Å². The van der Waals surface area contributed by atoms with Crippen molar-refractivity contribution in [1.82, 2.24) is 35.3 Å². The lowest BCUT2D eigenvalue weighted by molar-refractivity contribution is -0.151. The maximum atomic E-state index is 13.6. The number of imidazole rings is 1. The molecule has 2 aliphatic rings. The van der Waals surface area contributed by atoms with E-state index < -0.39 is 47.0 Å². The van der Waals surface area contributed by atoms with Gasteiger partial charge in [-0.2, -0.15) is 0 Å². The Labute approximate surface area is 260 Å². The summed E-state index contributed by atoms with van der Waals surface area (Å²) < 4.78 is 1.54. The average molecular weight is 654 g/mol. The normalized spacial score (nSPS) is 18.5. The Morgan fingerprint density at radius 3 is 2.59 bits per heavy atom. The van der Waals surface area contributed by atoms with E-state index in [0.717, 1.165) is 9.57 Å². The summed E-state index contributed by atoms with van der Waals surface area (Å²) in [6.07, 6.45) is 0. The van der Waals surface area contributed by atoms with E-state index >= 15 is 0 Å². The molecule has 2 aromatic heterocycles. The van der Waals surface area contributed by atoms with E-state index in [9.17, 15) is 34.2 Å². The molecule has 14 nitrogen and oxygen atoms in total. The van der Waals surface area contributed by atoms with Gasteiger partial charge in [-0.05, 0) is 42.3 Å². The van der Waals surface area contributed by atoms with E-state index in [1.807, 2.05) is 6.92 Å². The Bertz CT molecular complexity index is 1900. The zero-order valence-corrected chi connectivity index (χ0v) is 25.2. The van der Waals surface area contributed by atoms with Crippen molar-refractivity contribution < 1.29 is 29.4 Å². The zero-order valence-electron chi connectivity index (χ0n) is 22.7. The van der Waals surface area contributed by atoms with Crippen LogP contribution in [0.3, 0.4) is 0 Å². The van der Waals surface area contributed by atoms with Crippen LogP contribution in [0.2, 0.25) is 0 Å². The zero-order chi connectivity index (χ0) is 31.1. The number of carbonyl (C=O) groups excluding carboxylic acids is 3. The molecule has 1 saturated heterocycles. The van der Waals surface area contributed by atoms with Crippen molar-refractivity contribution in [3.05, 3.63) is 80.9 Å². The number of aliphatic carboxylic acids is 1. The predicted octanol–water partition coefficient (Wildman–Crippen LogP) is 2.03. The highest BCUT2D eigenvalue weighted by atomic mass is 32.2. The highest BCUT2D eigenvalue weighted by Crippen LogP contribution is 2.42. The van der Waals surface area contributed by atoms with Crippen LogP contribution in [0, 0.1) is 6.92 Å². The van der Waals surface area contributed by atoms with E-state index in [1.54, 1.807) is 24.3 Å². The molecule has 3 atom stereocenters. The fourth-order valence-electron chi connectivity index (χ4n) is 4.93. The number of β-lactam (4-membered cyclic amide) rings is 1. The van der Waals surface area contributed by atoms with Crippen LogP contribution in [0.15, 0.2) is 68.9 Å². The Kier molecular flexibility index (Phi) is 7.91. The molecule has 0 aliphatic carbocycles. The third-order valence-corrected chi connectivity index (χ3v) is 10.4. The first-order chi connectivity index (χ1) is 21.1. The molecular weight excluding hydrogens is 631 g/mol. The van der Waals surface area contributed by atoms with Crippen LogP contribution >= 0.6 is 34.9 Å². The third-order valence-electron chi connectivity index (χ3n) is 6.97. The summed E-state index contributed by atoms with van der Waals surface area (Å²) in [6, 6.07) is 8.75. The van der Waals surface area contributed by atoms with Gasteiger partial charge in [0.1, 0.15) is 33.9 Å². The lowest BCUT2D eigenvalue weighted by Gasteiger charge is -2.49. The molecule has 0 radical (unpaired) electrons. The number of amides is 3. The number of carbonyl (C=O) groups is 4. The van der Waals surface area contributed by atoms with Crippen molar-refractivity contribution in [3.63, 3.8) is 0 Å². The number of nitrogens with one attached hydrogen (secondary N) is 3. The minimum Gasteiger partial charge on any atom is -0.508 e. The number of thioether (sulfide) groups is 2. The fourth-order valence-corrected chi connectivity index (χ4v) is 8.23. The Morgan fingerprint density at radius 2 is 1.89 bits per heavy atom. The largest absolute Gasteiger partial charge is 0.508 e. The van der Waals surface area contributed by atoms with E-state index in [1.165, 1.54) is 64.0 Å². The summed E-state index contributed by atoms with van der Waals surface area (Å²) in [5, 5.41) is 33.1. The molecule has 1 fully saturated rings. The number of hydrogen-bond acceptors (Lipinski definition) is 11. The third kappa shape index (κ3) is 5.44. The molecule has 4 aromatic rings. The quantitative estimate of drug-likeness (QED) is 0.138. The van der Waals surface area contributed by atoms with E-state index in [2.05, 4.69) is 25.8 Å². The fraction of sp³-hybridized carbons (Fsp3) is 0.222. The van der Waals surface area contributed by atoms with Gasteiger partial charge in [0.05, 0.1) is 11.0 Å². The van der Waals surface area contributed by atoms with E-state index in [4.69, 9.17) is 0 Å². The average Bonchev–Trinajstić information content (AvgIpc) is 3.58. The molecule has 2 aromatic carbocycles. The van der Waals surface area contributed by atoms with Crippen molar-refractivity contribution in [1.29, 1.82) is 0 Å². The summed E-state index contributed by atoms with van der Waals surface area (Å²) in [5.74, 6) is -2.07. The number of para-hydroxylation sites is 2. The monoisotopic (exact) mass is 653 g/mol. The second-order valence-corrected chi connectivity index (χ2v) is 13.3. The van der Waals surface area contributed by atoms with Gasteiger partial charge < -0.3 is 25.8 Å². The van der Waals surface area contributed by atoms with E-state index in [0.29, 0.717) is 32.5 Å². The Hall–Kier alpha value is -4.61. The number of hydrogen-bond donors (Lipinski definition) is 5. The Morgan fingerprint density at radius 1 is 1.14 bits per heavy atom. The summed E-state index contributed by atoms with van der Waals surface area (Å²) in [5.41, 5.74) is 0.713. The van der Waals surface area contributed by atoms with Gasteiger partial charge in [-0.1, -0.05) is 47.4 Å². The van der Waals surface area contributed by atoms with Crippen LogP contribution < -0.4 is 16.3 Å². The number of phenolic OH excluding ortho intramolecular Hbond substituents is 1. The SMILES string of the molecule is Cc1nnc(SCC2=C(C(=O)O)N3C(=O)C(NC(=O)C(NC(=O)n4c(=O)[nH]c5ccccc54)c4ccc(O)cc4)[C@@H]3SC2)s1. The molecule has 0 bridgehead atoms. The van der Waals surface area contributed by atoms with Crippen molar-refractivity contribution in [2.24, 2.45) is 0 Å². The topological polar surface area (TPSA) is 200 Å². The van der Waals surface area contributed by atoms with Crippen LogP contribution in [0.4, 0.5) is 4.79 Å². The molecule has 2 unspecified atom stereocenters. The highest BCUT2D eigenvalue weighted by molar-refractivity contribution is 8.01. The second kappa shape index (κ2) is 11.8. The molecular formula is C27H23N7O7S3. The van der Waals surface area contributed by atoms with Crippen molar-refractivity contribution >= 4 is 69.7 Å². The van der Waals surface area contributed by atoms with Crippen molar-refractivity contribution in [3.8, 4) is 5.75 Å². The number of aryl methyl sites for hydroxylation is 1. The number of H-pyrrole nitrogens is 1. The lowest BCUT2D eigenvalue weighted by Crippen LogP contribution is -2.71. The van der Waals surface area contributed by atoms with Crippen LogP contribution in [-0.4, -0.2) is 81.6 Å². The van der Waals surface area contributed by atoms with Gasteiger partial charge in [0.25, 0.3) is 5.91 Å². The minimum atomic E-state index is -1.36. The molecule has 17 heteroatoms. The minimum absolute atomic E-state index is 0.0706. The van der Waals surface area contributed by atoms with Crippen LogP contribution in [-0.2, 0) is 14.4 Å². The molecule has 5 N–H and O–H groups in total. The van der Waals surface area contributed by atoms with Crippen LogP contribution in [0.25, 0.3) is 11.0 Å². The molecule has 44 heavy (non-hydrogen) atoms. The number of aromatic hydroxyl groups is 1. The second-order valence-electron chi connectivity index (χ2n) is 9.79. The molecule has 0 spiro atoms. The number of fused-ring (bicyclic) bond motifs is 2. The van der Waals surface area contributed by atoms with Crippen molar-refractivity contribution in [2.45, 2.75) is 28.7 Å². The van der Waals surface area contributed by atoms with Gasteiger partial charge in [-0.25, -0.2) is 19.0 Å². The molecule has 6 rings (SSSR count). The van der Waals surface area contributed by atoms with Gasteiger partial charge in [-0.15, -0.1) is 22.0 Å². The van der Waals surface area contributed by atoms with Gasteiger partial charge in [-0.3, -0.25) is 14.5 Å². The molecule has 3 amide bonds. The van der Waals surface area contributed by atoms with E-state index in [-0.39, 0.29) is 17.0 Å². The number of carboxylic acids is 1.